The van der Waals surface area contributed by atoms with Crippen LogP contribution in [-0.4, -0.2) is 40.8 Å². The van der Waals surface area contributed by atoms with E-state index in [-0.39, 0.29) is 6.67 Å². The Morgan fingerprint density at radius 2 is 1.92 bits per heavy atom. The Bertz CT molecular complexity index is 182. The maximum absolute atomic E-state index is 10.7. The zero-order valence-electron chi connectivity index (χ0n) is 6.65. The summed E-state index contributed by atoms with van der Waals surface area (Å²) in [6.07, 6.45) is -3.43. The lowest BCUT2D eigenvalue weighted by Crippen LogP contribution is -2.46. The van der Waals surface area contributed by atoms with Crippen LogP contribution in [0.3, 0.4) is 0 Å². The number of ketones is 1. The molecule has 2 atom stereocenters. The maximum Gasteiger partial charge on any atom is 0.253 e. The predicted octanol–water partition coefficient (Wildman–Crippen LogP) is -2.67. The van der Waals surface area contributed by atoms with Crippen molar-refractivity contribution < 1.29 is 19.8 Å². The molecule has 70 valence electrons. The van der Waals surface area contributed by atoms with Crippen molar-refractivity contribution in [2.45, 2.75) is 19.1 Å². The molecule has 0 bridgehead atoms. The smallest absolute Gasteiger partial charge is 0.253 e. The van der Waals surface area contributed by atoms with Gasteiger partial charge in [-0.15, -0.1) is 0 Å². The van der Waals surface area contributed by atoms with Crippen LogP contribution in [0.5, 0.6) is 0 Å². The van der Waals surface area contributed by atoms with Gasteiger partial charge in [0, 0.05) is 0 Å². The zero-order chi connectivity index (χ0) is 9.72. The Hall–Kier alpha value is -0.980. The highest BCUT2D eigenvalue weighted by molar-refractivity contribution is 5.90. The fourth-order valence-corrected chi connectivity index (χ4v) is 0.571. The number of rotatable bonds is 4. The molecule has 0 aliphatic carbocycles. The topological polar surface area (TPSA) is 113 Å². The highest BCUT2D eigenvalue weighted by atomic mass is 16.3. The van der Waals surface area contributed by atoms with Gasteiger partial charge in [-0.3, -0.25) is 9.59 Å². The van der Waals surface area contributed by atoms with Gasteiger partial charge in [-0.2, -0.15) is 0 Å². The molecule has 0 spiro atoms. The molecule has 0 aromatic rings. The van der Waals surface area contributed by atoms with Gasteiger partial charge in [0.25, 0.3) is 5.91 Å². The molecule has 0 aliphatic heterocycles. The third-order valence-electron chi connectivity index (χ3n) is 1.26. The van der Waals surface area contributed by atoms with Gasteiger partial charge >= 0.3 is 0 Å². The molecule has 0 radical (unpaired) electrons. The number of hydrogen-bond acceptors (Lipinski definition) is 5. The van der Waals surface area contributed by atoms with Crippen LogP contribution in [0, 0.1) is 0 Å². The Morgan fingerprint density at radius 1 is 1.42 bits per heavy atom. The van der Waals surface area contributed by atoms with Gasteiger partial charge in [-0.25, -0.2) is 0 Å². The normalized spacial score (nSPS) is 15.0. The lowest BCUT2D eigenvalue weighted by Gasteiger charge is -2.13. The van der Waals surface area contributed by atoms with Crippen molar-refractivity contribution in [2.75, 3.05) is 6.67 Å². The molecule has 0 aliphatic rings. The molecule has 0 rings (SSSR count). The third kappa shape index (κ3) is 2.95. The van der Waals surface area contributed by atoms with Crippen LogP contribution < -0.4 is 11.1 Å². The van der Waals surface area contributed by atoms with Gasteiger partial charge < -0.3 is 21.3 Å². The van der Waals surface area contributed by atoms with Crippen LogP contribution in [0.4, 0.5) is 0 Å². The van der Waals surface area contributed by atoms with E-state index in [1.807, 2.05) is 0 Å². The zero-order valence-corrected chi connectivity index (χ0v) is 6.65. The molecule has 5 N–H and O–H groups in total. The molecular weight excluding hydrogens is 164 g/mol. The van der Waals surface area contributed by atoms with E-state index < -0.39 is 23.9 Å². The Kier molecular flexibility index (Phi) is 4.42. The first kappa shape index (κ1) is 11.0. The summed E-state index contributed by atoms with van der Waals surface area (Å²) >= 11 is 0. The van der Waals surface area contributed by atoms with Crippen LogP contribution in [0.2, 0.25) is 0 Å². The molecule has 0 unspecified atom stereocenters. The van der Waals surface area contributed by atoms with E-state index in [2.05, 4.69) is 5.32 Å². The SMILES string of the molecule is CC(=O)[C@H](O)[C@@H](O)C(=O)NCN. The van der Waals surface area contributed by atoms with Crippen molar-refractivity contribution in [3.8, 4) is 0 Å². The van der Waals surface area contributed by atoms with Crippen LogP contribution in [0.25, 0.3) is 0 Å². The Morgan fingerprint density at radius 3 is 2.25 bits per heavy atom. The second-order valence-electron chi connectivity index (χ2n) is 2.25. The minimum absolute atomic E-state index is 0.152. The summed E-state index contributed by atoms with van der Waals surface area (Å²) in [6.45, 7) is 0.921. The number of aliphatic hydroxyl groups excluding tert-OH is 2. The molecule has 1 amide bonds. The van der Waals surface area contributed by atoms with E-state index in [0.717, 1.165) is 6.92 Å². The van der Waals surface area contributed by atoms with Gasteiger partial charge in [-0.1, -0.05) is 0 Å². The molecule has 6 nitrogen and oxygen atoms in total. The lowest BCUT2D eigenvalue weighted by atomic mass is 10.1. The molecule has 0 saturated carbocycles. The first-order chi connectivity index (χ1) is 5.50. The molecule has 0 aromatic heterocycles. The first-order valence-corrected chi connectivity index (χ1v) is 3.35. The van der Waals surface area contributed by atoms with Crippen LogP contribution in [0.15, 0.2) is 0 Å². The van der Waals surface area contributed by atoms with Crippen molar-refractivity contribution in [3.63, 3.8) is 0 Å². The van der Waals surface area contributed by atoms with Gasteiger partial charge in [0.05, 0.1) is 6.67 Å². The number of amides is 1. The van der Waals surface area contributed by atoms with E-state index in [4.69, 9.17) is 15.9 Å². The molecule has 12 heavy (non-hydrogen) atoms. The lowest BCUT2D eigenvalue weighted by molar-refractivity contribution is -0.143. The number of nitrogens with one attached hydrogen (secondary N) is 1. The summed E-state index contributed by atoms with van der Waals surface area (Å²) in [5.74, 6) is -1.53. The average molecular weight is 176 g/mol. The van der Waals surface area contributed by atoms with E-state index >= 15 is 0 Å². The summed E-state index contributed by atoms with van der Waals surface area (Å²) < 4.78 is 0. The van der Waals surface area contributed by atoms with Gasteiger partial charge in [0.1, 0.15) is 6.10 Å². The van der Waals surface area contributed by atoms with E-state index in [9.17, 15) is 9.59 Å². The number of nitrogens with two attached hydrogens (primary N) is 1. The number of Topliss-reactive ketones (excluding diaryl/α,β-unsaturated/α-hetero) is 1. The van der Waals surface area contributed by atoms with Crippen LogP contribution in [-0.2, 0) is 9.59 Å². The monoisotopic (exact) mass is 176 g/mol. The number of carbonyl (C=O) groups is 2. The van der Waals surface area contributed by atoms with Crippen molar-refractivity contribution in [2.24, 2.45) is 5.73 Å². The summed E-state index contributed by atoms with van der Waals surface area (Å²) in [5, 5.41) is 19.9. The van der Waals surface area contributed by atoms with E-state index in [0.29, 0.717) is 0 Å². The fraction of sp³-hybridized carbons (Fsp3) is 0.667. The standard InChI is InChI=1S/C6H12N2O4/c1-3(9)4(10)5(11)6(12)8-2-7/h4-5,10-11H,2,7H2,1H3,(H,8,12)/t4-,5+/m0/s1. The Labute approximate surface area is 69.4 Å². The maximum atomic E-state index is 10.7. The summed E-state index contributed by atoms with van der Waals surface area (Å²) in [6, 6.07) is 0. The molecule has 0 heterocycles. The van der Waals surface area contributed by atoms with Crippen molar-refractivity contribution in [3.05, 3.63) is 0 Å². The second-order valence-corrected chi connectivity index (χ2v) is 2.25. The quantitative estimate of drug-likeness (QED) is 0.349. The predicted molar refractivity (Wildman–Crippen MR) is 39.9 cm³/mol. The highest BCUT2D eigenvalue weighted by Gasteiger charge is 2.26. The second kappa shape index (κ2) is 4.81. The number of hydrogen-bond donors (Lipinski definition) is 4. The summed E-state index contributed by atoms with van der Waals surface area (Å²) in [5.41, 5.74) is 4.93. The van der Waals surface area contributed by atoms with Crippen molar-refractivity contribution >= 4 is 11.7 Å². The van der Waals surface area contributed by atoms with Gasteiger partial charge in [-0.05, 0) is 6.92 Å². The van der Waals surface area contributed by atoms with E-state index in [1.54, 1.807) is 0 Å². The first-order valence-electron chi connectivity index (χ1n) is 3.35. The number of aliphatic hydroxyl groups is 2. The minimum Gasteiger partial charge on any atom is -0.382 e. The average Bonchev–Trinajstić information content (AvgIpc) is 2.02. The summed E-state index contributed by atoms with van der Waals surface area (Å²) in [4.78, 5) is 21.2. The van der Waals surface area contributed by atoms with E-state index in [1.165, 1.54) is 0 Å². The third-order valence-corrected chi connectivity index (χ3v) is 1.26. The van der Waals surface area contributed by atoms with Gasteiger partial charge in [0.2, 0.25) is 0 Å². The molecule has 6 heteroatoms. The van der Waals surface area contributed by atoms with Crippen molar-refractivity contribution in [1.29, 1.82) is 0 Å². The summed E-state index contributed by atoms with van der Waals surface area (Å²) in [7, 11) is 0. The van der Waals surface area contributed by atoms with Gasteiger partial charge in [0.15, 0.2) is 11.9 Å². The molecule has 0 saturated heterocycles. The fourth-order valence-electron chi connectivity index (χ4n) is 0.571. The minimum atomic E-state index is -1.74. The largest absolute Gasteiger partial charge is 0.382 e. The molecule has 0 fully saturated rings. The van der Waals surface area contributed by atoms with Crippen molar-refractivity contribution in [1.82, 2.24) is 5.32 Å². The molecular formula is C6H12N2O4. The van der Waals surface area contributed by atoms with Crippen LogP contribution >= 0.6 is 0 Å². The number of carbonyl (C=O) groups excluding carboxylic acids is 2. The Balaban J connectivity index is 4.09. The molecule has 0 aromatic carbocycles. The highest BCUT2D eigenvalue weighted by Crippen LogP contribution is 1.94. The van der Waals surface area contributed by atoms with Crippen LogP contribution in [0.1, 0.15) is 6.92 Å².